The van der Waals surface area contributed by atoms with Crippen LogP contribution in [0, 0.1) is 0 Å². The van der Waals surface area contributed by atoms with Gasteiger partial charge in [-0.3, -0.25) is 14.6 Å². The molecule has 6 nitrogen and oxygen atoms in total. The third kappa shape index (κ3) is 7.17. The average molecular weight is 368 g/mol. The number of nitrogens with zero attached hydrogens (tertiary/aromatic N) is 3. The first-order chi connectivity index (χ1) is 13.1. The molecule has 0 aliphatic rings. The molecule has 0 saturated heterocycles. The lowest BCUT2D eigenvalue weighted by Gasteiger charge is -2.22. The van der Waals surface area contributed by atoms with Crippen LogP contribution in [0.4, 0.5) is 0 Å². The largest absolute Gasteiger partial charge is 0.354 e. The molecule has 0 saturated carbocycles. The van der Waals surface area contributed by atoms with Crippen LogP contribution in [0.3, 0.4) is 0 Å². The van der Waals surface area contributed by atoms with E-state index in [2.05, 4.69) is 27.4 Å². The highest BCUT2D eigenvalue weighted by molar-refractivity contribution is 5.92. The van der Waals surface area contributed by atoms with Gasteiger partial charge in [-0.25, -0.2) is 4.98 Å². The van der Waals surface area contributed by atoms with E-state index in [1.54, 1.807) is 4.90 Å². The second-order valence-electron chi connectivity index (χ2n) is 6.63. The smallest absolute Gasteiger partial charge is 0.274 e. The van der Waals surface area contributed by atoms with Gasteiger partial charge in [-0.1, -0.05) is 37.3 Å². The van der Waals surface area contributed by atoms with Crippen LogP contribution in [0.25, 0.3) is 0 Å². The summed E-state index contributed by atoms with van der Waals surface area (Å²) in [4.78, 5) is 34.4. The molecule has 1 aromatic heterocycles. The molecule has 2 rings (SSSR count). The van der Waals surface area contributed by atoms with Crippen molar-refractivity contribution in [3.8, 4) is 0 Å². The molecule has 2 amide bonds. The minimum atomic E-state index is -0.185. The maximum Gasteiger partial charge on any atom is 0.274 e. The molecule has 27 heavy (non-hydrogen) atoms. The van der Waals surface area contributed by atoms with Crippen molar-refractivity contribution in [1.82, 2.24) is 20.2 Å². The van der Waals surface area contributed by atoms with Crippen LogP contribution in [0.5, 0.6) is 0 Å². The fraction of sp³-hybridized carbons (Fsp3) is 0.429. The van der Waals surface area contributed by atoms with Crippen LogP contribution >= 0.6 is 0 Å². The number of carbonyl (C=O) groups excluding carboxylic acids is 2. The lowest BCUT2D eigenvalue weighted by Crippen LogP contribution is -2.38. The number of rotatable bonds is 10. The van der Waals surface area contributed by atoms with E-state index in [9.17, 15) is 9.59 Å². The molecule has 144 valence electrons. The monoisotopic (exact) mass is 368 g/mol. The Labute approximate surface area is 161 Å². The number of amides is 2. The fourth-order valence-corrected chi connectivity index (χ4v) is 2.84. The predicted molar refractivity (Wildman–Crippen MR) is 105 cm³/mol. The molecule has 0 fully saturated rings. The normalized spacial score (nSPS) is 11.6. The van der Waals surface area contributed by atoms with Crippen LogP contribution in [0.1, 0.15) is 49.2 Å². The Hall–Kier alpha value is -2.76. The quantitative estimate of drug-likeness (QED) is 0.700. The van der Waals surface area contributed by atoms with Crippen molar-refractivity contribution in [3.63, 3.8) is 0 Å². The molecule has 1 atom stereocenters. The number of aryl methyl sites for hydroxylation is 1. The van der Waals surface area contributed by atoms with E-state index >= 15 is 0 Å². The van der Waals surface area contributed by atoms with Crippen molar-refractivity contribution in [2.75, 3.05) is 13.1 Å². The van der Waals surface area contributed by atoms with E-state index in [0.717, 1.165) is 19.3 Å². The maximum atomic E-state index is 12.5. The van der Waals surface area contributed by atoms with Gasteiger partial charge in [0.25, 0.3) is 5.91 Å². The lowest BCUT2D eigenvalue weighted by molar-refractivity contribution is -0.121. The van der Waals surface area contributed by atoms with Crippen LogP contribution in [-0.2, 0) is 11.2 Å². The molecule has 6 heteroatoms. The van der Waals surface area contributed by atoms with Gasteiger partial charge in [0.05, 0.1) is 6.20 Å². The van der Waals surface area contributed by atoms with E-state index in [-0.39, 0.29) is 24.3 Å². The Kier molecular flexibility index (Phi) is 8.42. The molecule has 0 radical (unpaired) electrons. The molecule has 1 aromatic carbocycles. The Balaban J connectivity index is 1.78. The summed E-state index contributed by atoms with van der Waals surface area (Å²) >= 11 is 0. The first kappa shape index (κ1) is 20.6. The van der Waals surface area contributed by atoms with E-state index in [1.165, 1.54) is 24.2 Å². The summed E-state index contributed by atoms with van der Waals surface area (Å²) in [6, 6.07) is 10.3. The van der Waals surface area contributed by atoms with E-state index in [0.29, 0.717) is 18.8 Å². The van der Waals surface area contributed by atoms with Crippen LogP contribution in [0.2, 0.25) is 0 Å². The molecule has 1 N–H and O–H groups in total. The van der Waals surface area contributed by atoms with E-state index in [1.807, 2.05) is 32.0 Å². The standard InChI is InChI=1S/C21H28N4O2/c1-3-14-25(21(27)19-16-22-12-13-23-19)15-11-20(26)24-17(2)9-10-18-7-5-4-6-8-18/h4-8,12-13,16-17H,3,9-11,14-15H2,1-2H3,(H,24,26)/t17-/m0/s1. The van der Waals surface area contributed by atoms with Gasteiger partial charge in [-0.05, 0) is 31.7 Å². The maximum absolute atomic E-state index is 12.5. The number of nitrogens with one attached hydrogen (secondary N) is 1. The minimum Gasteiger partial charge on any atom is -0.354 e. The average Bonchev–Trinajstić information content (AvgIpc) is 2.70. The van der Waals surface area contributed by atoms with Gasteiger partial charge in [0, 0.05) is 37.9 Å². The van der Waals surface area contributed by atoms with Gasteiger partial charge in [0.15, 0.2) is 0 Å². The first-order valence-corrected chi connectivity index (χ1v) is 9.48. The summed E-state index contributed by atoms with van der Waals surface area (Å²) in [7, 11) is 0. The highest BCUT2D eigenvalue weighted by Crippen LogP contribution is 2.06. The Morgan fingerprint density at radius 3 is 2.59 bits per heavy atom. The predicted octanol–water partition coefficient (Wildman–Crippen LogP) is 2.86. The van der Waals surface area contributed by atoms with E-state index < -0.39 is 0 Å². The van der Waals surface area contributed by atoms with Gasteiger partial charge < -0.3 is 10.2 Å². The summed E-state index contributed by atoms with van der Waals surface area (Å²) in [5, 5.41) is 3.02. The number of carbonyl (C=O) groups is 2. The van der Waals surface area contributed by atoms with Crippen molar-refractivity contribution in [2.24, 2.45) is 0 Å². The molecule has 2 aromatic rings. The summed E-state index contributed by atoms with van der Waals surface area (Å²) in [5.74, 6) is -0.224. The third-order valence-corrected chi connectivity index (χ3v) is 4.29. The molecule has 1 heterocycles. The number of aromatic nitrogens is 2. The van der Waals surface area contributed by atoms with Gasteiger partial charge >= 0.3 is 0 Å². The number of hydrogen-bond acceptors (Lipinski definition) is 4. The molecule has 0 unspecified atom stereocenters. The summed E-state index contributed by atoms with van der Waals surface area (Å²) < 4.78 is 0. The lowest BCUT2D eigenvalue weighted by atomic mass is 10.1. The summed E-state index contributed by atoms with van der Waals surface area (Å²) in [5.41, 5.74) is 1.57. The Morgan fingerprint density at radius 2 is 1.93 bits per heavy atom. The van der Waals surface area contributed by atoms with Gasteiger partial charge in [0.1, 0.15) is 5.69 Å². The van der Waals surface area contributed by atoms with Gasteiger partial charge in [0.2, 0.25) is 5.91 Å². The topological polar surface area (TPSA) is 75.2 Å². The number of benzene rings is 1. The van der Waals surface area contributed by atoms with Crippen molar-refractivity contribution < 1.29 is 9.59 Å². The zero-order valence-corrected chi connectivity index (χ0v) is 16.1. The Bertz CT molecular complexity index is 707. The van der Waals surface area contributed by atoms with Crippen molar-refractivity contribution in [1.29, 1.82) is 0 Å². The second kappa shape index (κ2) is 11.1. The molecule has 0 bridgehead atoms. The van der Waals surface area contributed by atoms with Gasteiger partial charge in [-0.15, -0.1) is 0 Å². The SMILES string of the molecule is CCCN(CCC(=O)N[C@@H](C)CCc1ccccc1)C(=O)c1cnccn1. The third-order valence-electron chi connectivity index (χ3n) is 4.29. The zero-order chi connectivity index (χ0) is 19.5. The highest BCUT2D eigenvalue weighted by Gasteiger charge is 2.18. The molecular weight excluding hydrogens is 340 g/mol. The zero-order valence-electron chi connectivity index (χ0n) is 16.1. The minimum absolute atomic E-state index is 0.0383. The van der Waals surface area contributed by atoms with Crippen molar-refractivity contribution in [2.45, 2.75) is 45.6 Å². The second-order valence-corrected chi connectivity index (χ2v) is 6.63. The van der Waals surface area contributed by atoms with Gasteiger partial charge in [-0.2, -0.15) is 0 Å². The molecule has 0 aliphatic carbocycles. The molecule has 0 aliphatic heterocycles. The highest BCUT2D eigenvalue weighted by atomic mass is 16.2. The summed E-state index contributed by atoms with van der Waals surface area (Å²) in [6.45, 7) is 4.98. The van der Waals surface area contributed by atoms with Crippen LogP contribution in [0.15, 0.2) is 48.9 Å². The van der Waals surface area contributed by atoms with Crippen LogP contribution in [-0.4, -0.2) is 45.8 Å². The first-order valence-electron chi connectivity index (χ1n) is 9.48. The van der Waals surface area contributed by atoms with E-state index in [4.69, 9.17) is 0 Å². The van der Waals surface area contributed by atoms with Crippen molar-refractivity contribution in [3.05, 3.63) is 60.2 Å². The molecular formula is C21H28N4O2. The molecule has 0 spiro atoms. The summed E-state index contributed by atoms with van der Waals surface area (Å²) in [6.07, 6.45) is 7.39. The number of hydrogen-bond donors (Lipinski definition) is 1. The Morgan fingerprint density at radius 1 is 1.15 bits per heavy atom. The van der Waals surface area contributed by atoms with Crippen molar-refractivity contribution >= 4 is 11.8 Å². The fourth-order valence-electron chi connectivity index (χ4n) is 2.84. The van der Waals surface area contributed by atoms with Crippen LogP contribution < -0.4 is 5.32 Å².